The van der Waals surface area contributed by atoms with Crippen molar-refractivity contribution in [2.24, 2.45) is 5.73 Å². The van der Waals surface area contributed by atoms with Crippen LogP contribution in [0.25, 0.3) is 0 Å². The molecule has 6 heteroatoms. The maximum absolute atomic E-state index is 12.4. The van der Waals surface area contributed by atoms with E-state index in [0.29, 0.717) is 11.1 Å². The van der Waals surface area contributed by atoms with Crippen molar-refractivity contribution >= 4 is 17.8 Å². The molecule has 2 aromatic carbocycles. The molecule has 0 aliphatic carbocycles. The molecule has 0 aromatic heterocycles. The average molecular weight is 324 g/mol. The van der Waals surface area contributed by atoms with Gasteiger partial charge >= 0.3 is 5.97 Å². The van der Waals surface area contributed by atoms with Crippen LogP contribution in [-0.4, -0.2) is 23.9 Å². The molecular formula is C18H16N2O4. The first kappa shape index (κ1) is 15.7. The summed E-state index contributed by atoms with van der Waals surface area (Å²) in [5.41, 5.74) is 7.15. The molecule has 122 valence electrons. The van der Waals surface area contributed by atoms with E-state index in [4.69, 9.17) is 10.5 Å². The Morgan fingerprint density at radius 1 is 1.08 bits per heavy atom. The van der Waals surface area contributed by atoms with Gasteiger partial charge in [0.1, 0.15) is 6.04 Å². The Balaban J connectivity index is 1.77. The lowest BCUT2D eigenvalue weighted by atomic mass is 9.98. The van der Waals surface area contributed by atoms with Crippen molar-refractivity contribution in [1.29, 1.82) is 0 Å². The number of amides is 2. The molecule has 0 bridgehead atoms. The summed E-state index contributed by atoms with van der Waals surface area (Å²) < 4.78 is 5.19. The second-order valence-corrected chi connectivity index (χ2v) is 5.51. The fraction of sp³-hybridized carbons (Fsp3) is 0.167. The number of fused-ring (bicyclic) bond motifs is 1. The van der Waals surface area contributed by atoms with Crippen LogP contribution in [0.2, 0.25) is 0 Å². The zero-order valence-electron chi connectivity index (χ0n) is 12.8. The third-order valence-corrected chi connectivity index (χ3v) is 3.89. The zero-order valence-corrected chi connectivity index (χ0v) is 12.8. The molecule has 6 nitrogen and oxygen atoms in total. The summed E-state index contributed by atoms with van der Waals surface area (Å²) in [5, 5.41) is 2.56. The van der Waals surface area contributed by atoms with E-state index in [2.05, 4.69) is 5.32 Å². The number of hydrogen-bond donors (Lipinski definition) is 2. The number of carbonyl (C=O) groups excluding carboxylic acids is 3. The third-order valence-electron chi connectivity index (χ3n) is 3.89. The molecule has 2 amide bonds. The van der Waals surface area contributed by atoms with Gasteiger partial charge < -0.3 is 15.8 Å². The van der Waals surface area contributed by atoms with E-state index in [9.17, 15) is 14.4 Å². The van der Waals surface area contributed by atoms with Crippen molar-refractivity contribution in [2.75, 3.05) is 0 Å². The van der Waals surface area contributed by atoms with Gasteiger partial charge in [0.2, 0.25) is 5.91 Å². The van der Waals surface area contributed by atoms with Crippen LogP contribution in [-0.2, 0) is 20.7 Å². The molecular weight excluding hydrogens is 308 g/mol. The molecule has 0 fully saturated rings. The van der Waals surface area contributed by atoms with Gasteiger partial charge in [-0.05, 0) is 17.2 Å². The number of ether oxygens (including phenoxy) is 1. The molecule has 24 heavy (non-hydrogen) atoms. The van der Waals surface area contributed by atoms with Gasteiger partial charge in [0.05, 0.1) is 5.56 Å². The lowest BCUT2D eigenvalue weighted by Gasteiger charge is -2.25. The van der Waals surface area contributed by atoms with E-state index in [0.717, 1.165) is 5.56 Å². The summed E-state index contributed by atoms with van der Waals surface area (Å²) in [7, 11) is 0. The molecule has 2 atom stereocenters. The molecule has 0 spiro atoms. The molecule has 3 rings (SSSR count). The van der Waals surface area contributed by atoms with E-state index in [1.165, 1.54) is 0 Å². The maximum Gasteiger partial charge on any atom is 0.339 e. The molecule has 0 radical (unpaired) electrons. The van der Waals surface area contributed by atoms with Gasteiger partial charge in [-0.15, -0.1) is 0 Å². The van der Waals surface area contributed by atoms with Crippen LogP contribution in [0.1, 0.15) is 27.5 Å². The normalized spacial score (nSPS) is 17.3. The Morgan fingerprint density at radius 2 is 1.75 bits per heavy atom. The molecule has 1 heterocycles. The minimum absolute atomic E-state index is 0.258. The summed E-state index contributed by atoms with van der Waals surface area (Å²) in [5.74, 6) is -1.78. The Labute approximate surface area is 138 Å². The first-order chi connectivity index (χ1) is 11.6. The smallest absolute Gasteiger partial charge is 0.339 e. The number of primary amides is 1. The van der Waals surface area contributed by atoms with E-state index >= 15 is 0 Å². The highest BCUT2D eigenvalue weighted by atomic mass is 16.5. The van der Waals surface area contributed by atoms with Crippen LogP contribution >= 0.6 is 0 Å². The molecule has 1 aliphatic rings. The molecule has 3 N–H and O–H groups in total. The van der Waals surface area contributed by atoms with Crippen molar-refractivity contribution in [3.05, 3.63) is 71.3 Å². The number of nitrogens with one attached hydrogen (secondary N) is 1. The van der Waals surface area contributed by atoms with E-state index in [1.807, 2.05) is 0 Å². The highest BCUT2D eigenvalue weighted by Crippen LogP contribution is 2.21. The fourth-order valence-electron chi connectivity index (χ4n) is 2.68. The SMILES string of the molecule is NC(=O)[C@H](NC(=O)[C@H]1Cc2ccccc2C(=O)O1)c1ccccc1. The molecule has 0 unspecified atom stereocenters. The minimum atomic E-state index is -0.988. The third kappa shape index (κ3) is 3.12. The predicted octanol–water partition coefficient (Wildman–Crippen LogP) is 1.11. The van der Waals surface area contributed by atoms with Gasteiger partial charge in [-0.2, -0.15) is 0 Å². The summed E-state index contributed by atoms with van der Waals surface area (Å²) in [6.07, 6.45) is -0.730. The van der Waals surface area contributed by atoms with Crippen molar-refractivity contribution in [1.82, 2.24) is 5.32 Å². The van der Waals surface area contributed by atoms with Crippen LogP contribution in [0.4, 0.5) is 0 Å². The van der Waals surface area contributed by atoms with Crippen molar-refractivity contribution in [2.45, 2.75) is 18.6 Å². The predicted molar refractivity (Wildman–Crippen MR) is 85.9 cm³/mol. The Bertz CT molecular complexity index is 789. The molecule has 1 aliphatic heterocycles. The molecule has 0 saturated heterocycles. The van der Waals surface area contributed by atoms with Crippen LogP contribution < -0.4 is 11.1 Å². The first-order valence-corrected chi connectivity index (χ1v) is 7.50. The monoisotopic (exact) mass is 324 g/mol. The van der Waals surface area contributed by atoms with Gasteiger partial charge in [0.25, 0.3) is 5.91 Å². The van der Waals surface area contributed by atoms with E-state index in [-0.39, 0.29) is 6.42 Å². The van der Waals surface area contributed by atoms with Gasteiger partial charge in [0.15, 0.2) is 6.10 Å². The number of esters is 1. The average Bonchev–Trinajstić information content (AvgIpc) is 2.60. The number of hydrogen-bond acceptors (Lipinski definition) is 4. The van der Waals surface area contributed by atoms with Gasteiger partial charge in [-0.25, -0.2) is 4.79 Å². The largest absolute Gasteiger partial charge is 0.448 e. The van der Waals surface area contributed by atoms with Gasteiger partial charge in [-0.1, -0.05) is 48.5 Å². The first-order valence-electron chi connectivity index (χ1n) is 7.50. The zero-order chi connectivity index (χ0) is 17.1. The van der Waals surface area contributed by atoms with Crippen molar-refractivity contribution < 1.29 is 19.1 Å². The summed E-state index contributed by atoms with van der Waals surface area (Å²) in [6, 6.07) is 14.7. The number of nitrogens with two attached hydrogens (primary N) is 1. The second kappa shape index (κ2) is 6.54. The van der Waals surface area contributed by atoms with E-state index in [1.54, 1.807) is 54.6 Å². The summed E-state index contributed by atoms with van der Waals surface area (Å²) in [6.45, 7) is 0. The fourth-order valence-corrected chi connectivity index (χ4v) is 2.68. The molecule has 0 saturated carbocycles. The number of carbonyl (C=O) groups is 3. The van der Waals surface area contributed by atoms with Gasteiger partial charge in [-0.3, -0.25) is 9.59 Å². The number of benzene rings is 2. The topological polar surface area (TPSA) is 98.5 Å². The number of rotatable bonds is 4. The Hall–Kier alpha value is -3.15. The molecule has 2 aromatic rings. The summed E-state index contributed by atoms with van der Waals surface area (Å²) in [4.78, 5) is 36.1. The highest BCUT2D eigenvalue weighted by Gasteiger charge is 2.33. The van der Waals surface area contributed by atoms with Crippen LogP contribution in [0.15, 0.2) is 54.6 Å². The lowest BCUT2D eigenvalue weighted by Crippen LogP contribution is -2.46. The Kier molecular flexibility index (Phi) is 4.29. The van der Waals surface area contributed by atoms with Crippen LogP contribution in [0.5, 0.6) is 0 Å². The minimum Gasteiger partial charge on any atom is -0.448 e. The van der Waals surface area contributed by atoms with E-state index < -0.39 is 29.9 Å². The van der Waals surface area contributed by atoms with Crippen molar-refractivity contribution in [3.8, 4) is 0 Å². The second-order valence-electron chi connectivity index (χ2n) is 5.51. The highest BCUT2D eigenvalue weighted by molar-refractivity contribution is 5.96. The maximum atomic E-state index is 12.4. The van der Waals surface area contributed by atoms with Crippen LogP contribution in [0.3, 0.4) is 0 Å². The van der Waals surface area contributed by atoms with Gasteiger partial charge in [0, 0.05) is 6.42 Å². The Morgan fingerprint density at radius 3 is 2.46 bits per heavy atom. The quantitative estimate of drug-likeness (QED) is 0.823. The summed E-state index contributed by atoms with van der Waals surface area (Å²) >= 11 is 0. The number of cyclic esters (lactones) is 1. The van der Waals surface area contributed by atoms with Crippen molar-refractivity contribution in [3.63, 3.8) is 0 Å². The lowest BCUT2D eigenvalue weighted by molar-refractivity contribution is -0.134. The van der Waals surface area contributed by atoms with Crippen LogP contribution in [0, 0.1) is 0 Å². The standard InChI is InChI=1S/C18H16N2O4/c19-16(21)15(11-6-2-1-3-7-11)20-17(22)14-10-12-8-4-5-9-13(12)18(23)24-14/h1-9,14-15H,10H2,(H2,19,21)(H,20,22)/t14-,15-/m1/s1.